The van der Waals surface area contributed by atoms with Gasteiger partial charge in [0.05, 0.1) is 19.3 Å². The Morgan fingerprint density at radius 1 is 1.33 bits per heavy atom. The van der Waals surface area contributed by atoms with Gasteiger partial charge in [-0.25, -0.2) is 4.79 Å². The number of amides is 2. The van der Waals surface area contributed by atoms with Crippen LogP contribution in [0, 0.1) is 0 Å². The van der Waals surface area contributed by atoms with E-state index in [4.69, 9.17) is 4.74 Å². The van der Waals surface area contributed by atoms with Crippen molar-refractivity contribution in [2.24, 2.45) is 0 Å². The maximum absolute atomic E-state index is 12.5. The summed E-state index contributed by atoms with van der Waals surface area (Å²) in [6.07, 6.45) is 6.17. The number of piperidine rings is 1. The standard InChI is InChI=1S/C19H34N6O2/c1-4-25-14-16(13-21-25)18-15-24(11-12-27-18)19(26)20-7-10-23-8-5-17(6-9-23)22(2)3/h13-14,17-18H,4-12,15H2,1-3H3,(H,20,26)/t18-/m0/s1. The Hall–Kier alpha value is -1.64. The van der Waals surface area contributed by atoms with E-state index in [9.17, 15) is 4.79 Å². The average Bonchev–Trinajstić information content (AvgIpc) is 3.18. The van der Waals surface area contributed by atoms with Gasteiger partial charge in [0.25, 0.3) is 0 Å². The Morgan fingerprint density at radius 2 is 2.11 bits per heavy atom. The van der Waals surface area contributed by atoms with Crippen LogP contribution in [-0.4, -0.2) is 96.5 Å². The van der Waals surface area contributed by atoms with E-state index in [1.165, 1.54) is 12.8 Å². The number of morpholine rings is 1. The number of ether oxygens (including phenoxy) is 1. The van der Waals surface area contributed by atoms with E-state index in [0.717, 1.165) is 31.7 Å². The fourth-order valence-electron chi connectivity index (χ4n) is 3.85. The van der Waals surface area contributed by atoms with Gasteiger partial charge in [0, 0.05) is 44.0 Å². The largest absolute Gasteiger partial charge is 0.370 e. The molecule has 2 fully saturated rings. The van der Waals surface area contributed by atoms with E-state index in [0.29, 0.717) is 32.3 Å². The van der Waals surface area contributed by atoms with Crippen LogP contribution >= 0.6 is 0 Å². The van der Waals surface area contributed by atoms with Crippen molar-refractivity contribution in [3.05, 3.63) is 18.0 Å². The van der Waals surface area contributed by atoms with Gasteiger partial charge in [0.2, 0.25) is 0 Å². The molecule has 0 aliphatic carbocycles. The van der Waals surface area contributed by atoms with Crippen LogP contribution in [0.15, 0.2) is 12.4 Å². The molecule has 1 aromatic rings. The summed E-state index contributed by atoms with van der Waals surface area (Å²) in [5.74, 6) is 0. The number of nitrogens with zero attached hydrogens (tertiary/aromatic N) is 5. The third-order valence-corrected chi connectivity index (χ3v) is 5.69. The zero-order valence-corrected chi connectivity index (χ0v) is 16.9. The van der Waals surface area contributed by atoms with Crippen molar-refractivity contribution in [3.63, 3.8) is 0 Å². The second-order valence-corrected chi connectivity index (χ2v) is 7.70. The first-order valence-corrected chi connectivity index (χ1v) is 10.1. The van der Waals surface area contributed by atoms with Crippen molar-refractivity contribution < 1.29 is 9.53 Å². The fraction of sp³-hybridized carbons (Fsp3) is 0.789. The summed E-state index contributed by atoms with van der Waals surface area (Å²) in [7, 11) is 4.31. The summed E-state index contributed by atoms with van der Waals surface area (Å²) in [5.41, 5.74) is 1.04. The van der Waals surface area contributed by atoms with Gasteiger partial charge in [-0.2, -0.15) is 5.10 Å². The van der Waals surface area contributed by atoms with E-state index in [1.54, 1.807) is 0 Å². The molecule has 2 aliphatic heterocycles. The van der Waals surface area contributed by atoms with Crippen LogP contribution in [0.3, 0.4) is 0 Å². The second kappa shape index (κ2) is 9.52. The van der Waals surface area contributed by atoms with Gasteiger partial charge in [0.1, 0.15) is 6.10 Å². The SMILES string of the molecule is CCn1cc([C@@H]2CN(C(=O)NCCN3CCC(N(C)C)CC3)CCO2)cn1. The number of likely N-dealkylation sites (tertiary alicyclic amines) is 1. The highest BCUT2D eigenvalue weighted by Gasteiger charge is 2.26. The molecule has 2 amide bonds. The number of urea groups is 1. The van der Waals surface area contributed by atoms with Crippen molar-refractivity contribution in [3.8, 4) is 0 Å². The minimum Gasteiger partial charge on any atom is -0.370 e. The Labute approximate surface area is 162 Å². The second-order valence-electron chi connectivity index (χ2n) is 7.70. The molecule has 8 heteroatoms. The minimum atomic E-state index is -0.0881. The quantitative estimate of drug-likeness (QED) is 0.800. The summed E-state index contributed by atoms with van der Waals surface area (Å²) in [5, 5.41) is 7.39. The van der Waals surface area contributed by atoms with Crippen LogP contribution in [0.25, 0.3) is 0 Å². The molecule has 3 rings (SSSR count). The van der Waals surface area contributed by atoms with E-state index in [2.05, 4.69) is 41.2 Å². The highest BCUT2D eigenvalue weighted by molar-refractivity contribution is 5.74. The van der Waals surface area contributed by atoms with Crippen molar-refractivity contribution in [1.82, 2.24) is 29.8 Å². The van der Waals surface area contributed by atoms with Gasteiger partial charge in [-0.15, -0.1) is 0 Å². The number of rotatable bonds is 6. The molecule has 152 valence electrons. The van der Waals surface area contributed by atoms with Crippen molar-refractivity contribution in [1.29, 1.82) is 0 Å². The molecule has 8 nitrogen and oxygen atoms in total. The Morgan fingerprint density at radius 3 is 2.78 bits per heavy atom. The molecule has 0 spiro atoms. The number of hydrogen-bond acceptors (Lipinski definition) is 5. The molecule has 1 N–H and O–H groups in total. The van der Waals surface area contributed by atoms with Crippen LogP contribution in [0.5, 0.6) is 0 Å². The highest BCUT2D eigenvalue weighted by Crippen LogP contribution is 2.21. The lowest BCUT2D eigenvalue weighted by atomic mass is 10.0. The zero-order valence-electron chi connectivity index (χ0n) is 16.9. The average molecular weight is 379 g/mol. The summed E-state index contributed by atoms with van der Waals surface area (Å²) in [6, 6.07) is 0.701. The summed E-state index contributed by atoms with van der Waals surface area (Å²) >= 11 is 0. The van der Waals surface area contributed by atoms with E-state index >= 15 is 0 Å². The van der Waals surface area contributed by atoms with Gasteiger partial charge < -0.3 is 24.8 Å². The molecule has 0 radical (unpaired) electrons. The van der Waals surface area contributed by atoms with E-state index in [-0.39, 0.29) is 12.1 Å². The molecule has 1 aromatic heterocycles. The summed E-state index contributed by atoms with van der Waals surface area (Å²) < 4.78 is 7.73. The predicted molar refractivity (Wildman–Crippen MR) is 105 cm³/mol. The first kappa shape index (κ1) is 20.1. The number of nitrogens with one attached hydrogen (secondary N) is 1. The maximum atomic E-state index is 12.5. The Balaban J connectivity index is 1.39. The predicted octanol–water partition coefficient (Wildman–Crippen LogP) is 1.01. The fourth-order valence-corrected chi connectivity index (χ4v) is 3.85. The molecule has 0 aromatic carbocycles. The highest BCUT2D eigenvalue weighted by atomic mass is 16.5. The van der Waals surface area contributed by atoms with Crippen LogP contribution in [-0.2, 0) is 11.3 Å². The lowest BCUT2D eigenvalue weighted by Gasteiger charge is -2.35. The van der Waals surface area contributed by atoms with Crippen molar-refractivity contribution in [2.75, 3.05) is 60.0 Å². The van der Waals surface area contributed by atoms with Crippen molar-refractivity contribution in [2.45, 2.75) is 38.5 Å². The minimum absolute atomic E-state index is 0.00867. The molecule has 0 unspecified atom stereocenters. The molecule has 2 aliphatic rings. The molecule has 0 bridgehead atoms. The number of aryl methyl sites for hydroxylation is 1. The Kier molecular flexibility index (Phi) is 7.09. The number of hydrogen-bond donors (Lipinski definition) is 1. The van der Waals surface area contributed by atoms with Gasteiger partial charge in [-0.05, 0) is 47.0 Å². The van der Waals surface area contributed by atoms with Crippen LogP contribution in [0.1, 0.15) is 31.4 Å². The van der Waals surface area contributed by atoms with E-state index < -0.39 is 0 Å². The van der Waals surface area contributed by atoms with Gasteiger partial charge in [-0.3, -0.25) is 4.68 Å². The van der Waals surface area contributed by atoms with Crippen LogP contribution in [0.4, 0.5) is 4.79 Å². The smallest absolute Gasteiger partial charge is 0.317 e. The van der Waals surface area contributed by atoms with Gasteiger partial charge >= 0.3 is 6.03 Å². The zero-order chi connectivity index (χ0) is 19.2. The third kappa shape index (κ3) is 5.43. The third-order valence-electron chi connectivity index (χ3n) is 5.69. The molecule has 2 saturated heterocycles. The molecular formula is C19H34N6O2. The van der Waals surface area contributed by atoms with Crippen LogP contribution in [0.2, 0.25) is 0 Å². The summed E-state index contributed by atoms with van der Waals surface area (Å²) in [4.78, 5) is 19.2. The molecular weight excluding hydrogens is 344 g/mol. The molecule has 27 heavy (non-hydrogen) atoms. The topological polar surface area (TPSA) is 65.9 Å². The summed E-state index contributed by atoms with van der Waals surface area (Å²) in [6.45, 7) is 8.51. The van der Waals surface area contributed by atoms with Gasteiger partial charge in [0.15, 0.2) is 0 Å². The number of carbonyl (C=O) groups is 1. The molecule has 1 atom stereocenters. The monoisotopic (exact) mass is 378 g/mol. The molecule has 0 saturated carbocycles. The lowest BCUT2D eigenvalue weighted by Crippen LogP contribution is -2.49. The van der Waals surface area contributed by atoms with E-state index in [1.807, 2.05) is 22.0 Å². The lowest BCUT2D eigenvalue weighted by molar-refractivity contribution is -0.0155. The maximum Gasteiger partial charge on any atom is 0.317 e. The van der Waals surface area contributed by atoms with Crippen LogP contribution < -0.4 is 5.32 Å². The Bertz CT molecular complexity index is 597. The first-order chi connectivity index (χ1) is 13.1. The number of aromatic nitrogens is 2. The van der Waals surface area contributed by atoms with Crippen molar-refractivity contribution >= 4 is 6.03 Å². The molecule has 3 heterocycles. The first-order valence-electron chi connectivity index (χ1n) is 10.1. The number of carbonyl (C=O) groups excluding carboxylic acids is 1. The normalized spacial score (nSPS) is 22.4. The van der Waals surface area contributed by atoms with Gasteiger partial charge in [-0.1, -0.05) is 0 Å².